The number of likely N-dealkylation sites (N-methyl/N-ethyl adjacent to an activating group) is 1. The van der Waals surface area contributed by atoms with E-state index < -0.39 is 44.8 Å². The van der Waals surface area contributed by atoms with Crippen LogP contribution in [0.1, 0.15) is 6.92 Å². The number of carbonyl (C=O) groups is 1. The highest BCUT2D eigenvalue weighted by atomic mass is 32.2. The fourth-order valence-electron chi connectivity index (χ4n) is 1.46. The summed E-state index contributed by atoms with van der Waals surface area (Å²) in [6.45, 7) is 0.797. The predicted octanol–water partition coefficient (Wildman–Crippen LogP) is 0.731. The number of esters is 1. The van der Waals surface area contributed by atoms with Crippen molar-refractivity contribution >= 4 is 21.7 Å². The Balaban J connectivity index is 3.27. The minimum absolute atomic E-state index is 0.0891. The lowest BCUT2D eigenvalue weighted by molar-refractivity contribution is -0.140. The normalized spacial score (nSPS) is 11.7. The number of rotatable bonds is 5. The smallest absolute Gasteiger partial charge is 0.321 e. The largest absolute Gasteiger partial charge is 0.468 e. The van der Waals surface area contributed by atoms with Gasteiger partial charge < -0.3 is 10.5 Å². The third-order valence-corrected chi connectivity index (χ3v) is 4.49. The zero-order chi connectivity index (χ0) is 15.5. The Hall–Kier alpha value is -1.74. The molecule has 0 spiro atoms. The zero-order valence-electron chi connectivity index (χ0n) is 10.9. The molecule has 0 saturated carbocycles. The number of sulfonamides is 1. The van der Waals surface area contributed by atoms with Crippen LogP contribution in [0.3, 0.4) is 0 Å². The fourth-order valence-corrected chi connectivity index (χ4v) is 2.93. The molecule has 6 nitrogen and oxygen atoms in total. The number of hydrogen-bond acceptors (Lipinski definition) is 5. The maximum atomic E-state index is 13.6. The standard InChI is InChI=1S/C11H14F2N2O4S/c1-3-15(6-11(16)19-2)20(17,18)10-5-9(14)7(12)4-8(10)13/h4-5H,3,6,14H2,1-2H3. The average molecular weight is 308 g/mol. The number of anilines is 1. The van der Waals surface area contributed by atoms with Crippen LogP contribution in [0.25, 0.3) is 0 Å². The first-order valence-corrected chi connectivity index (χ1v) is 6.99. The molecule has 20 heavy (non-hydrogen) atoms. The molecule has 2 N–H and O–H groups in total. The number of hydrogen-bond donors (Lipinski definition) is 1. The summed E-state index contributed by atoms with van der Waals surface area (Å²) in [6, 6.07) is 1.06. The summed E-state index contributed by atoms with van der Waals surface area (Å²) >= 11 is 0. The van der Waals surface area contributed by atoms with Crippen molar-refractivity contribution in [2.24, 2.45) is 0 Å². The van der Waals surface area contributed by atoms with E-state index in [0.29, 0.717) is 16.4 Å². The molecule has 9 heteroatoms. The van der Waals surface area contributed by atoms with Crippen molar-refractivity contribution in [2.45, 2.75) is 11.8 Å². The lowest BCUT2D eigenvalue weighted by Gasteiger charge is -2.19. The Morgan fingerprint density at radius 1 is 1.35 bits per heavy atom. The van der Waals surface area contributed by atoms with Gasteiger partial charge in [0.15, 0.2) is 0 Å². The second kappa shape index (κ2) is 6.14. The first-order chi connectivity index (χ1) is 9.23. The number of carbonyl (C=O) groups excluding carboxylic acids is 1. The SMILES string of the molecule is CCN(CC(=O)OC)S(=O)(=O)c1cc(N)c(F)cc1F. The molecule has 0 aliphatic heterocycles. The molecule has 0 aliphatic rings. The summed E-state index contributed by atoms with van der Waals surface area (Å²) < 4.78 is 56.1. The van der Waals surface area contributed by atoms with E-state index in [9.17, 15) is 22.0 Å². The Kier molecular flexibility index (Phi) is 5.01. The first kappa shape index (κ1) is 16.3. The number of halogens is 2. The van der Waals surface area contributed by atoms with E-state index >= 15 is 0 Å². The van der Waals surface area contributed by atoms with Gasteiger partial charge in [0.2, 0.25) is 10.0 Å². The molecule has 0 aliphatic carbocycles. The molecule has 0 aromatic heterocycles. The Morgan fingerprint density at radius 3 is 2.45 bits per heavy atom. The van der Waals surface area contributed by atoms with Crippen molar-refractivity contribution in [3.8, 4) is 0 Å². The van der Waals surface area contributed by atoms with Crippen LogP contribution in [0.2, 0.25) is 0 Å². The molecule has 0 fully saturated rings. The van der Waals surface area contributed by atoms with Crippen molar-refractivity contribution in [3.05, 3.63) is 23.8 Å². The van der Waals surface area contributed by atoms with E-state index in [-0.39, 0.29) is 6.54 Å². The maximum Gasteiger partial charge on any atom is 0.321 e. The van der Waals surface area contributed by atoms with Crippen LogP contribution in [-0.2, 0) is 19.6 Å². The van der Waals surface area contributed by atoms with Crippen LogP contribution in [0, 0.1) is 11.6 Å². The van der Waals surface area contributed by atoms with Crippen LogP contribution < -0.4 is 5.73 Å². The lowest BCUT2D eigenvalue weighted by Crippen LogP contribution is -2.36. The van der Waals surface area contributed by atoms with Gasteiger partial charge in [0.05, 0.1) is 12.8 Å². The molecule has 1 aromatic rings. The third kappa shape index (κ3) is 3.23. The summed E-state index contributed by atoms with van der Waals surface area (Å²) in [5.41, 5.74) is 4.74. The zero-order valence-corrected chi connectivity index (χ0v) is 11.7. The van der Waals surface area contributed by atoms with E-state index in [1.54, 1.807) is 0 Å². The topological polar surface area (TPSA) is 89.7 Å². The predicted molar refractivity (Wildman–Crippen MR) is 67.2 cm³/mol. The van der Waals surface area contributed by atoms with Gasteiger partial charge in [0.1, 0.15) is 23.1 Å². The summed E-state index contributed by atoms with van der Waals surface area (Å²) in [5, 5.41) is 0. The number of methoxy groups -OCH3 is 1. The van der Waals surface area contributed by atoms with Crippen molar-refractivity contribution in [1.82, 2.24) is 4.31 Å². The van der Waals surface area contributed by atoms with Crippen molar-refractivity contribution in [3.63, 3.8) is 0 Å². The van der Waals surface area contributed by atoms with Crippen LogP contribution in [0.4, 0.5) is 14.5 Å². The molecule has 1 rings (SSSR count). The average Bonchev–Trinajstić information content (AvgIpc) is 2.39. The highest BCUT2D eigenvalue weighted by molar-refractivity contribution is 7.89. The molecular weight excluding hydrogens is 294 g/mol. The number of nitrogens with zero attached hydrogens (tertiary/aromatic N) is 1. The van der Waals surface area contributed by atoms with Crippen molar-refractivity contribution in [2.75, 3.05) is 25.9 Å². The van der Waals surface area contributed by atoms with Crippen molar-refractivity contribution in [1.29, 1.82) is 0 Å². The monoisotopic (exact) mass is 308 g/mol. The van der Waals surface area contributed by atoms with Crippen LogP contribution in [-0.4, -0.2) is 38.9 Å². The van der Waals surface area contributed by atoms with Gasteiger partial charge >= 0.3 is 5.97 Å². The van der Waals surface area contributed by atoms with Crippen LogP contribution in [0.15, 0.2) is 17.0 Å². The molecule has 1 aromatic carbocycles. The summed E-state index contributed by atoms with van der Waals surface area (Å²) in [6.07, 6.45) is 0. The summed E-state index contributed by atoms with van der Waals surface area (Å²) in [5.74, 6) is -3.14. The maximum absolute atomic E-state index is 13.6. The van der Waals surface area contributed by atoms with Gasteiger partial charge in [-0.1, -0.05) is 6.92 Å². The molecule has 0 bridgehead atoms. The number of benzene rings is 1. The second-order valence-electron chi connectivity index (χ2n) is 3.81. The molecule has 0 saturated heterocycles. The molecule has 112 valence electrons. The first-order valence-electron chi connectivity index (χ1n) is 5.55. The lowest BCUT2D eigenvalue weighted by atomic mass is 10.3. The molecule has 0 heterocycles. The Morgan fingerprint density at radius 2 is 1.95 bits per heavy atom. The van der Waals surface area contributed by atoms with Gasteiger partial charge in [-0.3, -0.25) is 4.79 Å². The van der Waals surface area contributed by atoms with Crippen LogP contribution >= 0.6 is 0 Å². The summed E-state index contributed by atoms with van der Waals surface area (Å²) in [7, 11) is -3.22. The second-order valence-corrected chi connectivity index (χ2v) is 5.72. The van der Waals surface area contributed by atoms with E-state index in [2.05, 4.69) is 4.74 Å². The van der Waals surface area contributed by atoms with Crippen LogP contribution in [0.5, 0.6) is 0 Å². The van der Waals surface area contributed by atoms with Gasteiger partial charge in [0.25, 0.3) is 0 Å². The van der Waals surface area contributed by atoms with E-state index in [1.807, 2.05) is 0 Å². The number of ether oxygens (including phenoxy) is 1. The van der Waals surface area contributed by atoms with E-state index in [4.69, 9.17) is 5.73 Å². The molecule has 0 radical (unpaired) electrons. The van der Waals surface area contributed by atoms with Gasteiger partial charge in [-0.05, 0) is 6.07 Å². The Labute approximate surface area is 115 Å². The molecule has 0 unspecified atom stereocenters. The van der Waals surface area contributed by atoms with Gasteiger partial charge in [0, 0.05) is 12.6 Å². The van der Waals surface area contributed by atoms with E-state index in [0.717, 1.165) is 7.11 Å². The minimum atomic E-state index is -4.32. The van der Waals surface area contributed by atoms with Gasteiger partial charge in [-0.15, -0.1) is 0 Å². The summed E-state index contributed by atoms with van der Waals surface area (Å²) in [4.78, 5) is 10.4. The molecule has 0 amide bonds. The molecular formula is C11H14F2N2O4S. The third-order valence-electron chi connectivity index (χ3n) is 2.55. The van der Waals surface area contributed by atoms with E-state index in [1.165, 1.54) is 6.92 Å². The Bertz CT molecular complexity index is 619. The minimum Gasteiger partial charge on any atom is -0.468 e. The van der Waals surface area contributed by atoms with Gasteiger partial charge in [-0.2, -0.15) is 4.31 Å². The van der Waals surface area contributed by atoms with Crippen molar-refractivity contribution < 1.29 is 26.7 Å². The van der Waals surface area contributed by atoms with Gasteiger partial charge in [-0.25, -0.2) is 17.2 Å². The quantitative estimate of drug-likeness (QED) is 0.640. The molecule has 0 atom stereocenters. The number of nitrogens with two attached hydrogens (primary N) is 1. The highest BCUT2D eigenvalue weighted by Gasteiger charge is 2.29. The highest BCUT2D eigenvalue weighted by Crippen LogP contribution is 2.24. The number of nitrogen functional groups attached to an aromatic ring is 1. The fraction of sp³-hybridized carbons (Fsp3) is 0.364.